The number of furan rings is 1. The smallest absolute Gasteiger partial charge is 0.202 e. The van der Waals surface area contributed by atoms with Gasteiger partial charge in [0.1, 0.15) is 5.76 Å². The average Bonchev–Trinajstić information content (AvgIpc) is 2.72. The summed E-state index contributed by atoms with van der Waals surface area (Å²) in [5, 5.41) is 3.17. The monoisotopic (exact) mass is 179 g/mol. The van der Waals surface area contributed by atoms with Crippen molar-refractivity contribution in [3.05, 3.63) is 23.7 Å². The summed E-state index contributed by atoms with van der Waals surface area (Å²) in [7, 11) is 0. The fraction of sp³-hybridized carbons (Fsp3) is 0.500. The van der Waals surface area contributed by atoms with Crippen molar-refractivity contribution in [1.29, 1.82) is 0 Å². The lowest BCUT2D eigenvalue weighted by molar-refractivity contribution is 0.0901. The van der Waals surface area contributed by atoms with Crippen LogP contribution in [0.5, 0.6) is 0 Å². The van der Waals surface area contributed by atoms with Crippen LogP contribution in [0.1, 0.15) is 22.7 Å². The van der Waals surface area contributed by atoms with Crippen LogP contribution in [-0.4, -0.2) is 18.9 Å². The predicted molar refractivity (Wildman–Crippen MR) is 48.8 cm³/mol. The predicted octanol–water partition coefficient (Wildman–Crippen LogP) is 1.38. The number of carbonyl (C=O) groups excluding carboxylic acids is 1. The molecule has 3 nitrogen and oxygen atoms in total. The first-order valence-electron chi connectivity index (χ1n) is 4.59. The Balaban J connectivity index is 2.12. The van der Waals surface area contributed by atoms with E-state index in [1.54, 1.807) is 6.07 Å². The van der Waals surface area contributed by atoms with Crippen molar-refractivity contribution < 1.29 is 9.21 Å². The highest BCUT2D eigenvalue weighted by Gasteiger charge is 2.25. The van der Waals surface area contributed by atoms with Gasteiger partial charge in [-0.25, -0.2) is 0 Å². The minimum absolute atomic E-state index is 0.116. The molecular weight excluding hydrogens is 166 g/mol. The van der Waals surface area contributed by atoms with E-state index in [0.29, 0.717) is 5.76 Å². The Morgan fingerprint density at radius 1 is 1.62 bits per heavy atom. The summed E-state index contributed by atoms with van der Waals surface area (Å²) in [6.07, 6.45) is 0.929. The lowest BCUT2D eigenvalue weighted by Crippen LogP contribution is -2.17. The quantitative estimate of drug-likeness (QED) is 0.697. The number of ketones is 1. The van der Waals surface area contributed by atoms with Crippen LogP contribution in [0.3, 0.4) is 0 Å². The molecule has 13 heavy (non-hydrogen) atoms. The van der Waals surface area contributed by atoms with E-state index in [9.17, 15) is 4.79 Å². The van der Waals surface area contributed by atoms with E-state index in [0.717, 1.165) is 25.3 Å². The topological polar surface area (TPSA) is 42.2 Å². The molecule has 0 spiro atoms. The number of carbonyl (C=O) groups is 1. The average molecular weight is 179 g/mol. The molecule has 1 fully saturated rings. The highest BCUT2D eigenvalue weighted by atomic mass is 16.3. The Morgan fingerprint density at radius 2 is 2.46 bits per heavy atom. The first kappa shape index (κ1) is 8.51. The molecule has 1 aromatic rings. The van der Waals surface area contributed by atoms with Crippen molar-refractivity contribution in [2.75, 3.05) is 13.1 Å². The normalized spacial score (nSPS) is 22.1. The lowest BCUT2D eigenvalue weighted by atomic mass is 10.0. The zero-order valence-electron chi connectivity index (χ0n) is 7.67. The molecule has 0 radical (unpaired) electrons. The second kappa shape index (κ2) is 3.34. The molecule has 3 heteroatoms. The van der Waals surface area contributed by atoms with Gasteiger partial charge in [0.2, 0.25) is 5.78 Å². The Hall–Kier alpha value is -1.09. The standard InChI is InChI=1S/C10H13NO2/c1-7-2-3-9(13-7)10(12)8-4-5-11-6-8/h2-3,8,11H,4-6H2,1H3. The van der Waals surface area contributed by atoms with Crippen molar-refractivity contribution in [2.45, 2.75) is 13.3 Å². The third kappa shape index (κ3) is 1.65. The van der Waals surface area contributed by atoms with E-state index in [2.05, 4.69) is 5.32 Å². The number of nitrogens with one attached hydrogen (secondary N) is 1. The molecule has 0 bridgehead atoms. The summed E-state index contributed by atoms with van der Waals surface area (Å²) >= 11 is 0. The molecule has 1 aliphatic rings. The molecule has 0 amide bonds. The number of Topliss-reactive ketones (excluding diaryl/α,β-unsaturated/α-hetero) is 1. The van der Waals surface area contributed by atoms with E-state index in [1.165, 1.54) is 0 Å². The molecule has 1 atom stereocenters. The van der Waals surface area contributed by atoms with Gasteiger partial charge >= 0.3 is 0 Å². The Labute approximate surface area is 77.1 Å². The van der Waals surface area contributed by atoms with Crippen LogP contribution in [0, 0.1) is 12.8 Å². The molecule has 0 aromatic carbocycles. The van der Waals surface area contributed by atoms with Crippen LogP contribution in [0.15, 0.2) is 16.5 Å². The van der Waals surface area contributed by atoms with Gasteiger partial charge < -0.3 is 9.73 Å². The van der Waals surface area contributed by atoms with Crippen molar-refractivity contribution in [1.82, 2.24) is 5.32 Å². The third-order valence-electron chi connectivity index (χ3n) is 2.41. The summed E-state index contributed by atoms with van der Waals surface area (Å²) in [5.74, 6) is 1.56. The van der Waals surface area contributed by atoms with E-state index in [-0.39, 0.29) is 11.7 Å². The first-order valence-corrected chi connectivity index (χ1v) is 4.59. The second-order valence-electron chi connectivity index (χ2n) is 3.46. The van der Waals surface area contributed by atoms with E-state index < -0.39 is 0 Å². The maximum Gasteiger partial charge on any atom is 0.202 e. The lowest BCUT2D eigenvalue weighted by Gasteiger charge is -2.02. The van der Waals surface area contributed by atoms with E-state index in [4.69, 9.17) is 4.42 Å². The van der Waals surface area contributed by atoms with Gasteiger partial charge in [-0.3, -0.25) is 4.79 Å². The van der Waals surface area contributed by atoms with Crippen LogP contribution < -0.4 is 5.32 Å². The maximum absolute atomic E-state index is 11.7. The maximum atomic E-state index is 11.7. The van der Waals surface area contributed by atoms with Crippen LogP contribution in [0.25, 0.3) is 0 Å². The van der Waals surface area contributed by atoms with Gasteiger partial charge in [-0.1, -0.05) is 0 Å². The molecule has 2 heterocycles. The van der Waals surface area contributed by atoms with Crippen molar-refractivity contribution in [3.63, 3.8) is 0 Å². The van der Waals surface area contributed by atoms with Crippen molar-refractivity contribution in [3.8, 4) is 0 Å². The van der Waals surface area contributed by atoms with Crippen LogP contribution in [0.4, 0.5) is 0 Å². The van der Waals surface area contributed by atoms with Gasteiger partial charge in [0, 0.05) is 12.5 Å². The van der Waals surface area contributed by atoms with Crippen molar-refractivity contribution >= 4 is 5.78 Å². The molecule has 1 N–H and O–H groups in total. The van der Waals surface area contributed by atoms with E-state index >= 15 is 0 Å². The fourth-order valence-corrected chi connectivity index (χ4v) is 1.65. The molecular formula is C10H13NO2. The van der Waals surface area contributed by atoms with Gasteiger partial charge in [-0.2, -0.15) is 0 Å². The molecule has 1 aromatic heterocycles. The zero-order valence-corrected chi connectivity index (χ0v) is 7.67. The first-order chi connectivity index (χ1) is 6.27. The summed E-state index contributed by atoms with van der Waals surface area (Å²) in [4.78, 5) is 11.7. The Kier molecular flexibility index (Phi) is 2.19. The van der Waals surface area contributed by atoms with Gasteiger partial charge in [0.15, 0.2) is 5.76 Å². The summed E-state index contributed by atoms with van der Waals surface area (Å²) < 4.78 is 5.28. The van der Waals surface area contributed by atoms with Crippen LogP contribution in [0.2, 0.25) is 0 Å². The SMILES string of the molecule is Cc1ccc(C(=O)C2CCNC2)o1. The Bertz CT molecular complexity index is 310. The summed E-state index contributed by atoms with van der Waals surface area (Å²) in [5.41, 5.74) is 0. The van der Waals surface area contributed by atoms with Gasteiger partial charge in [-0.15, -0.1) is 0 Å². The largest absolute Gasteiger partial charge is 0.458 e. The third-order valence-corrected chi connectivity index (χ3v) is 2.41. The minimum atomic E-state index is 0.116. The van der Waals surface area contributed by atoms with Crippen molar-refractivity contribution in [2.24, 2.45) is 5.92 Å². The zero-order chi connectivity index (χ0) is 9.26. The van der Waals surface area contributed by atoms with Gasteiger partial charge in [0.25, 0.3) is 0 Å². The molecule has 2 rings (SSSR count). The molecule has 0 aliphatic carbocycles. The molecule has 1 unspecified atom stereocenters. The molecule has 1 saturated heterocycles. The molecule has 1 aliphatic heterocycles. The summed E-state index contributed by atoms with van der Waals surface area (Å²) in [6, 6.07) is 3.59. The highest BCUT2D eigenvalue weighted by Crippen LogP contribution is 2.16. The molecule has 0 saturated carbocycles. The van der Waals surface area contributed by atoms with E-state index in [1.807, 2.05) is 13.0 Å². The number of hydrogen-bond donors (Lipinski definition) is 1. The van der Waals surface area contributed by atoms with Crippen LogP contribution >= 0.6 is 0 Å². The van der Waals surface area contributed by atoms with Crippen LogP contribution in [-0.2, 0) is 0 Å². The highest BCUT2D eigenvalue weighted by molar-refractivity contribution is 5.95. The number of aryl methyl sites for hydroxylation is 1. The number of rotatable bonds is 2. The fourth-order valence-electron chi connectivity index (χ4n) is 1.65. The second-order valence-corrected chi connectivity index (χ2v) is 3.46. The minimum Gasteiger partial charge on any atom is -0.458 e. The number of hydrogen-bond acceptors (Lipinski definition) is 3. The summed E-state index contributed by atoms with van der Waals surface area (Å²) in [6.45, 7) is 3.58. The van der Waals surface area contributed by atoms with Gasteiger partial charge in [0.05, 0.1) is 0 Å². The molecule has 70 valence electrons. The Morgan fingerprint density at radius 3 is 3.00 bits per heavy atom. The van der Waals surface area contributed by atoms with Gasteiger partial charge in [-0.05, 0) is 32.0 Å².